The Morgan fingerprint density at radius 2 is 1.92 bits per heavy atom. The molecule has 0 unspecified atom stereocenters. The van der Waals surface area contributed by atoms with E-state index in [4.69, 9.17) is 4.74 Å². The van der Waals surface area contributed by atoms with Gasteiger partial charge in [0.1, 0.15) is 0 Å². The van der Waals surface area contributed by atoms with Crippen molar-refractivity contribution in [1.29, 1.82) is 0 Å². The van der Waals surface area contributed by atoms with Crippen molar-refractivity contribution in [2.75, 3.05) is 32.8 Å². The molecule has 2 nitrogen and oxygen atoms in total. The zero-order valence-corrected chi connectivity index (χ0v) is 8.80. The van der Waals surface area contributed by atoms with Crippen LogP contribution in [0.4, 0.5) is 0 Å². The second kappa shape index (κ2) is 7.34. The highest BCUT2D eigenvalue weighted by Crippen LogP contribution is 2.04. The molecule has 0 spiro atoms. The molecule has 0 bridgehead atoms. The van der Waals surface area contributed by atoms with E-state index in [-0.39, 0.29) is 0 Å². The summed E-state index contributed by atoms with van der Waals surface area (Å²) in [5, 5.41) is 0. The van der Waals surface area contributed by atoms with E-state index in [0.717, 1.165) is 26.3 Å². The fourth-order valence-corrected chi connectivity index (χ4v) is 1.69. The third kappa shape index (κ3) is 5.27. The number of unbranched alkanes of at least 4 members (excludes halogenated alkanes) is 4. The van der Waals surface area contributed by atoms with Crippen LogP contribution in [0.5, 0.6) is 0 Å². The Kier molecular flexibility index (Phi) is 6.21. The maximum Gasteiger partial charge on any atom is 0.0594 e. The largest absolute Gasteiger partial charge is 0.379 e. The summed E-state index contributed by atoms with van der Waals surface area (Å²) in [5.41, 5.74) is 0. The summed E-state index contributed by atoms with van der Waals surface area (Å²) in [4.78, 5) is 2.51. The Morgan fingerprint density at radius 3 is 2.62 bits per heavy atom. The van der Waals surface area contributed by atoms with E-state index in [9.17, 15) is 0 Å². The average Bonchev–Trinajstić information content (AvgIpc) is 2.19. The summed E-state index contributed by atoms with van der Waals surface area (Å²) < 4.78 is 5.30. The quantitative estimate of drug-likeness (QED) is 0.586. The lowest BCUT2D eigenvalue weighted by atomic mass is 10.1. The van der Waals surface area contributed by atoms with Gasteiger partial charge in [-0.1, -0.05) is 26.2 Å². The minimum absolute atomic E-state index is 0.933. The summed E-state index contributed by atoms with van der Waals surface area (Å²) in [7, 11) is 0. The third-order valence-electron chi connectivity index (χ3n) is 2.57. The van der Waals surface area contributed by atoms with E-state index in [0.29, 0.717) is 0 Å². The Balaban J connectivity index is 1.86. The maximum absolute atomic E-state index is 5.30. The molecule has 0 aromatic heterocycles. The van der Waals surface area contributed by atoms with Gasteiger partial charge in [-0.25, -0.2) is 0 Å². The Bertz CT molecular complexity index is 111. The molecule has 1 aliphatic heterocycles. The summed E-state index contributed by atoms with van der Waals surface area (Å²) in [5.74, 6) is 0. The van der Waals surface area contributed by atoms with Crippen LogP contribution in [0.3, 0.4) is 0 Å². The van der Waals surface area contributed by atoms with Crippen molar-refractivity contribution in [3.8, 4) is 0 Å². The molecule has 0 amide bonds. The van der Waals surface area contributed by atoms with Gasteiger partial charge in [-0.15, -0.1) is 0 Å². The summed E-state index contributed by atoms with van der Waals surface area (Å²) in [6.45, 7) is 7.56. The monoisotopic (exact) mass is 184 g/mol. The number of rotatable bonds is 6. The molecule has 1 saturated heterocycles. The molecule has 1 heterocycles. The van der Waals surface area contributed by atoms with Gasteiger partial charge in [0.2, 0.25) is 0 Å². The van der Waals surface area contributed by atoms with Crippen molar-refractivity contribution in [2.24, 2.45) is 0 Å². The van der Waals surface area contributed by atoms with Gasteiger partial charge in [0.15, 0.2) is 0 Å². The lowest BCUT2D eigenvalue weighted by Gasteiger charge is -2.26. The van der Waals surface area contributed by atoms with Crippen molar-refractivity contribution >= 4 is 0 Å². The van der Waals surface area contributed by atoms with Gasteiger partial charge < -0.3 is 4.74 Å². The van der Waals surface area contributed by atoms with Crippen LogP contribution in [0.25, 0.3) is 0 Å². The van der Waals surface area contributed by atoms with Crippen molar-refractivity contribution in [3.05, 3.63) is 6.42 Å². The van der Waals surface area contributed by atoms with Crippen molar-refractivity contribution in [3.63, 3.8) is 0 Å². The van der Waals surface area contributed by atoms with Crippen LogP contribution in [-0.4, -0.2) is 37.7 Å². The van der Waals surface area contributed by atoms with E-state index in [1.54, 1.807) is 0 Å². The fraction of sp³-hybridized carbons (Fsp3) is 0.909. The van der Waals surface area contributed by atoms with Crippen LogP contribution < -0.4 is 0 Å². The number of morpholine rings is 1. The molecule has 0 aliphatic carbocycles. The topological polar surface area (TPSA) is 12.5 Å². The van der Waals surface area contributed by atoms with Crippen LogP contribution >= 0.6 is 0 Å². The van der Waals surface area contributed by atoms with Gasteiger partial charge in [0, 0.05) is 13.1 Å². The summed E-state index contributed by atoms with van der Waals surface area (Å²) in [6, 6.07) is 0. The Morgan fingerprint density at radius 1 is 1.15 bits per heavy atom. The fourth-order valence-electron chi connectivity index (χ4n) is 1.69. The first-order chi connectivity index (χ1) is 6.43. The first-order valence-corrected chi connectivity index (χ1v) is 5.51. The van der Waals surface area contributed by atoms with Crippen LogP contribution in [0, 0.1) is 6.42 Å². The van der Waals surface area contributed by atoms with Gasteiger partial charge in [-0.2, -0.15) is 0 Å². The van der Waals surface area contributed by atoms with Crippen LogP contribution in [0.1, 0.15) is 32.6 Å². The first kappa shape index (κ1) is 11.0. The van der Waals surface area contributed by atoms with E-state index >= 15 is 0 Å². The molecule has 0 saturated carbocycles. The number of hydrogen-bond donors (Lipinski definition) is 0. The number of ether oxygens (including phenoxy) is 1. The van der Waals surface area contributed by atoms with Gasteiger partial charge in [-0.3, -0.25) is 4.90 Å². The normalized spacial score (nSPS) is 19.2. The predicted molar refractivity (Wildman–Crippen MR) is 55.7 cm³/mol. The molecule has 1 fully saturated rings. The molecule has 0 aromatic rings. The summed E-state index contributed by atoms with van der Waals surface area (Å²) in [6.07, 6.45) is 7.63. The van der Waals surface area contributed by atoms with Crippen LogP contribution in [0.2, 0.25) is 0 Å². The van der Waals surface area contributed by atoms with Crippen molar-refractivity contribution < 1.29 is 4.74 Å². The molecule has 77 valence electrons. The van der Waals surface area contributed by atoms with E-state index in [2.05, 4.69) is 18.2 Å². The van der Waals surface area contributed by atoms with Crippen LogP contribution in [0.15, 0.2) is 0 Å². The molecule has 13 heavy (non-hydrogen) atoms. The molecule has 0 aromatic carbocycles. The molecule has 1 rings (SSSR count). The van der Waals surface area contributed by atoms with E-state index in [1.807, 2.05) is 0 Å². The highest BCUT2D eigenvalue weighted by Gasteiger charge is 2.08. The number of nitrogens with zero attached hydrogens (tertiary/aromatic N) is 1. The second-order valence-corrected chi connectivity index (χ2v) is 3.71. The molecule has 1 aliphatic rings. The average molecular weight is 184 g/mol. The standard InChI is InChI=1S/C11H22NO/c1-2-3-4-5-6-7-12-8-10-13-11-9-12/h2H,3-11H2,1H3. The molecular formula is C11H22NO. The molecule has 1 radical (unpaired) electrons. The zero-order chi connectivity index (χ0) is 9.36. The van der Waals surface area contributed by atoms with Gasteiger partial charge >= 0.3 is 0 Å². The molecule has 0 N–H and O–H groups in total. The van der Waals surface area contributed by atoms with Crippen molar-refractivity contribution in [1.82, 2.24) is 4.90 Å². The van der Waals surface area contributed by atoms with Crippen LogP contribution in [-0.2, 0) is 4.74 Å². The number of hydrogen-bond acceptors (Lipinski definition) is 2. The first-order valence-electron chi connectivity index (χ1n) is 5.51. The van der Waals surface area contributed by atoms with E-state index < -0.39 is 0 Å². The molecule has 0 atom stereocenters. The lowest BCUT2D eigenvalue weighted by Crippen LogP contribution is -2.36. The van der Waals surface area contributed by atoms with Gasteiger partial charge in [0.05, 0.1) is 13.2 Å². The SMILES string of the molecule is C[CH]CCCCCN1CCOCC1. The zero-order valence-electron chi connectivity index (χ0n) is 8.80. The Labute approximate surface area is 82.3 Å². The third-order valence-corrected chi connectivity index (χ3v) is 2.57. The predicted octanol–water partition coefficient (Wildman–Crippen LogP) is 2.10. The molecular weight excluding hydrogens is 162 g/mol. The highest BCUT2D eigenvalue weighted by molar-refractivity contribution is 4.62. The van der Waals surface area contributed by atoms with Gasteiger partial charge in [0.25, 0.3) is 0 Å². The molecule has 2 heteroatoms. The van der Waals surface area contributed by atoms with Crippen molar-refractivity contribution in [2.45, 2.75) is 32.6 Å². The minimum Gasteiger partial charge on any atom is -0.379 e. The van der Waals surface area contributed by atoms with E-state index in [1.165, 1.54) is 32.2 Å². The maximum atomic E-state index is 5.30. The Hall–Kier alpha value is -0.0800. The van der Waals surface area contributed by atoms with Gasteiger partial charge in [-0.05, 0) is 19.4 Å². The highest BCUT2D eigenvalue weighted by atomic mass is 16.5. The minimum atomic E-state index is 0.933. The summed E-state index contributed by atoms with van der Waals surface area (Å²) >= 11 is 0. The lowest BCUT2D eigenvalue weighted by molar-refractivity contribution is 0.0371. The second-order valence-electron chi connectivity index (χ2n) is 3.71. The smallest absolute Gasteiger partial charge is 0.0594 e.